The third-order valence-corrected chi connectivity index (χ3v) is 4.63. The van der Waals surface area contributed by atoms with Crippen LogP contribution < -0.4 is 5.32 Å². The Bertz CT molecular complexity index is 621. The fourth-order valence-electron chi connectivity index (χ4n) is 3.13. The fraction of sp³-hybridized carbons (Fsp3) is 0.526. The average molecular weight is 346 g/mol. The Kier molecular flexibility index (Phi) is 6.56. The molecule has 0 heterocycles. The van der Waals surface area contributed by atoms with E-state index in [9.17, 15) is 14.4 Å². The SMILES string of the molecule is COC(=O)c1ccc(CN(C)C(=O)C(C)NC(=O)C2CCCC2)cc1. The molecule has 2 amide bonds. The lowest BCUT2D eigenvalue weighted by molar-refractivity contribution is -0.136. The Morgan fingerprint density at radius 1 is 1.20 bits per heavy atom. The molecular formula is C19H26N2O4. The van der Waals surface area contributed by atoms with Gasteiger partial charge in [0.2, 0.25) is 11.8 Å². The van der Waals surface area contributed by atoms with Gasteiger partial charge >= 0.3 is 5.97 Å². The molecule has 0 aromatic heterocycles. The molecule has 0 bridgehead atoms. The van der Waals surface area contributed by atoms with Crippen molar-refractivity contribution >= 4 is 17.8 Å². The molecule has 1 aromatic carbocycles. The molecule has 1 aliphatic rings. The van der Waals surface area contributed by atoms with Crippen molar-refractivity contribution in [3.8, 4) is 0 Å². The molecule has 1 fully saturated rings. The van der Waals surface area contributed by atoms with Crippen LogP contribution in [0.3, 0.4) is 0 Å². The first-order valence-electron chi connectivity index (χ1n) is 8.65. The predicted molar refractivity (Wildman–Crippen MR) is 93.8 cm³/mol. The van der Waals surface area contributed by atoms with Crippen LogP contribution in [-0.4, -0.2) is 42.9 Å². The largest absolute Gasteiger partial charge is 0.465 e. The number of hydrogen-bond acceptors (Lipinski definition) is 4. The molecule has 6 heteroatoms. The Labute approximate surface area is 148 Å². The summed E-state index contributed by atoms with van der Waals surface area (Å²) in [6.07, 6.45) is 3.99. The highest BCUT2D eigenvalue weighted by molar-refractivity contribution is 5.89. The highest BCUT2D eigenvalue weighted by atomic mass is 16.5. The van der Waals surface area contributed by atoms with Gasteiger partial charge in [-0.25, -0.2) is 4.79 Å². The second-order valence-corrected chi connectivity index (χ2v) is 6.59. The lowest BCUT2D eigenvalue weighted by Gasteiger charge is -2.23. The van der Waals surface area contributed by atoms with Gasteiger partial charge in [0, 0.05) is 19.5 Å². The smallest absolute Gasteiger partial charge is 0.337 e. The maximum absolute atomic E-state index is 12.5. The van der Waals surface area contributed by atoms with Crippen molar-refractivity contribution in [1.29, 1.82) is 0 Å². The molecule has 0 aliphatic heterocycles. The summed E-state index contributed by atoms with van der Waals surface area (Å²) in [5, 5.41) is 2.83. The highest BCUT2D eigenvalue weighted by Gasteiger charge is 2.26. The molecule has 1 aliphatic carbocycles. The Balaban J connectivity index is 1.88. The summed E-state index contributed by atoms with van der Waals surface area (Å²) in [6.45, 7) is 2.12. The number of benzene rings is 1. The first-order chi connectivity index (χ1) is 11.9. The summed E-state index contributed by atoms with van der Waals surface area (Å²) in [5.41, 5.74) is 1.37. The first kappa shape index (κ1) is 19.0. The van der Waals surface area contributed by atoms with Crippen molar-refractivity contribution in [3.05, 3.63) is 35.4 Å². The third kappa shape index (κ3) is 5.05. The van der Waals surface area contributed by atoms with E-state index in [0.717, 1.165) is 31.2 Å². The van der Waals surface area contributed by atoms with Crippen LogP contribution in [-0.2, 0) is 20.9 Å². The number of amides is 2. The summed E-state index contributed by atoms with van der Waals surface area (Å²) >= 11 is 0. The van der Waals surface area contributed by atoms with Crippen LogP contribution in [0.2, 0.25) is 0 Å². The Hall–Kier alpha value is -2.37. The Morgan fingerprint density at radius 2 is 1.80 bits per heavy atom. The molecule has 1 aromatic rings. The third-order valence-electron chi connectivity index (χ3n) is 4.63. The van der Waals surface area contributed by atoms with Crippen molar-refractivity contribution in [2.24, 2.45) is 5.92 Å². The molecule has 6 nitrogen and oxygen atoms in total. The minimum absolute atomic E-state index is 0.0193. The van der Waals surface area contributed by atoms with E-state index in [2.05, 4.69) is 10.1 Å². The molecule has 0 radical (unpaired) electrons. The number of esters is 1. The second kappa shape index (κ2) is 8.65. The minimum atomic E-state index is -0.549. The summed E-state index contributed by atoms with van der Waals surface area (Å²) in [5.74, 6) is -0.497. The van der Waals surface area contributed by atoms with Crippen LogP contribution in [0.1, 0.15) is 48.5 Å². The van der Waals surface area contributed by atoms with Gasteiger partial charge in [0.15, 0.2) is 0 Å². The van der Waals surface area contributed by atoms with E-state index in [1.54, 1.807) is 43.1 Å². The van der Waals surface area contributed by atoms with Crippen LogP contribution >= 0.6 is 0 Å². The lowest BCUT2D eigenvalue weighted by Crippen LogP contribution is -2.46. The number of hydrogen-bond donors (Lipinski definition) is 1. The molecule has 25 heavy (non-hydrogen) atoms. The van der Waals surface area contributed by atoms with E-state index < -0.39 is 6.04 Å². The molecule has 2 rings (SSSR count). The molecular weight excluding hydrogens is 320 g/mol. The molecule has 136 valence electrons. The molecule has 1 atom stereocenters. The number of methoxy groups -OCH3 is 1. The van der Waals surface area contributed by atoms with Crippen LogP contribution in [0.15, 0.2) is 24.3 Å². The summed E-state index contributed by atoms with van der Waals surface area (Å²) in [7, 11) is 3.04. The zero-order chi connectivity index (χ0) is 18.4. The minimum Gasteiger partial charge on any atom is -0.465 e. The molecule has 0 saturated heterocycles. The Morgan fingerprint density at radius 3 is 2.36 bits per heavy atom. The summed E-state index contributed by atoms with van der Waals surface area (Å²) in [4.78, 5) is 37.6. The fourth-order valence-corrected chi connectivity index (χ4v) is 3.13. The van der Waals surface area contributed by atoms with Gasteiger partial charge in [-0.3, -0.25) is 9.59 Å². The monoisotopic (exact) mass is 346 g/mol. The van der Waals surface area contributed by atoms with Gasteiger partial charge in [-0.05, 0) is 37.5 Å². The first-order valence-corrected chi connectivity index (χ1v) is 8.65. The van der Waals surface area contributed by atoms with E-state index >= 15 is 0 Å². The van der Waals surface area contributed by atoms with E-state index in [4.69, 9.17) is 0 Å². The van der Waals surface area contributed by atoms with Gasteiger partial charge in [-0.1, -0.05) is 25.0 Å². The molecule has 0 spiro atoms. The van der Waals surface area contributed by atoms with Crippen molar-refractivity contribution in [3.63, 3.8) is 0 Å². The quantitative estimate of drug-likeness (QED) is 0.801. The van der Waals surface area contributed by atoms with Crippen LogP contribution in [0.4, 0.5) is 0 Å². The van der Waals surface area contributed by atoms with Gasteiger partial charge in [0.25, 0.3) is 0 Å². The van der Waals surface area contributed by atoms with E-state index in [-0.39, 0.29) is 23.7 Å². The molecule has 1 N–H and O–H groups in total. The number of nitrogens with zero attached hydrogens (tertiary/aromatic N) is 1. The molecule has 1 saturated carbocycles. The predicted octanol–water partition coefficient (Wildman–Crippen LogP) is 2.13. The summed E-state index contributed by atoms with van der Waals surface area (Å²) < 4.78 is 4.66. The van der Waals surface area contributed by atoms with Gasteiger partial charge < -0.3 is 15.0 Å². The normalized spacial score (nSPS) is 15.5. The highest BCUT2D eigenvalue weighted by Crippen LogP contribution is 2.24. The van der Waals surface area contributed by atoms with Crippen molar-refractivity contribution < 1.29 is 19.1 Å². The standard InChI is InChI=1S/C19H26N2O4/c1-13(20-17(22)15-6-4-5-7-15)18(23)21(2)12-14-8-10-16(11-9-14)19(24)25-3/h8-11,13,15H,4-7,12H2,1-3H3,(H,20,22). The van der Waals surface area contributed by atoms with Crippen LogP contribution in [0.25, 0.3) is 0 Å². The van der Waals surface area contributed by atoms with E-state index in [1.165, 1.54) is 7.11 Å². The lowest BCUT2D eigenvalue weighted by atomic mass is 10.1. The van der Waals surface area contributed by atoms with Gasteiger partial charge in [0.05, 0.1) is 12.7 Å². The zero-order valence-electron chi connectivity index (χ0n) is 15.1. The van der Waals surface area contributed by atoms with Gasteiger partial charge in [0.1, 0.15) is 6.04 Å². The van der Waals surface area contributed by atoms with Gasteiger partial charge in [-0.2, -0.15) is 0 Å². The van der Waals surface area contributed by atoms with E-state index in [1.807, 2.05) is 0 Å². The topological polar surface area (TPSA) is 75.7 Å². The van der Waals surface area contributed by atoms with Crippen LogP contribution in [0.5, 0.6) is 0 Å². The summed E-state index contributed by atoms with van der Waals surface area (Å²) in [6, 6.07) is 6.37. The van der Waals surface area contributed by atoms with Crippen LogP contribution in [0, 0.1) is 5.92 Å². The number of ether oxygens (including phenoxy) is 1. The number of nitrogens with one attached hydrogen (secondary N) is 1. The number of rotatable bonds is 6. The van der Waals surface area contributed by atoms with Crippen molar-refractivity contribution in [2.45, 2.75) is 45.2 Å². The molecule has 1 unspecified atom stereocenters. The van der Waals surface area contributed by atoms with Crippen molar-refractivity contribution in [2.75, 3.05) is 14.2 Å². The number of carbonyl (C=O) groups excluding carboxylic acids is 3. The number of carbonyl (C=O) groups is 3. The van der Waals surface area contributed by atoms with Gasteiger partial charge in [-0.15, -0.1) is 0 Å². The van der Waals surface area contributed by atoms with Crippen molar-refractivity contribution in [1.82, 2.24) is 10.2 Å². The van der Waals surface area contributed by atoms with E-state index in [0.29, 0.717) is 12.1 Å². The number of likely N-dealkylation sites (N-methyl/N-ethyl adjacent to an activating group) is 1. The second-order valence-electron chi connectivity index (χ2n) is 6.59. The maximum Gasteiger partial charge on any atom is 0.337 e. The zero-order valence-corrected chi connectivity index (χ0v) is 15.1. The average Bonchev–Trinajstić information content (AvgIpc) is 3.15. The maximum atomic E-state index is 12.5.